The summed E-state index contributed by atoms with van der Waals surface area (Å²) in [4.78, 5) is 31.2. The molecule has 0 saturated carbocycles. The monoisotopic (exact) mass is 376 g/mol. The topological polar surface area (TPSA) is 99.1 Å². The van der Waals surface area contributed by atoms with E-state index in [1.54, 1.807) is 36.5 Å². The quantitative estimate of drug-likeness (QED) is 0.538. The van der Waals surface area contributed by atoms with Crippen LogP contribution in [-0.2, 0) is 11.5 Å². The van der Waals surface area contributed by atoms with Crippen molar-refractivity contribution in [1.29, 1.82) is 0 Å². The summed E-state index contributed by atoms with van der Waals surface area (Å²) in [5, 5.41) is 4.62. The summed E-state index contributed by atoms with van der Waals surface area (Å²) in [7, 11) is 1.30. The molecule has 8 nitrogen and oxygen atoms in total. The summed E-state index contributed by atoms with van der Waals surface area (Å²) in [6.07, 6.45) is 1.62. The third-order valence-electron chi connectivity index (χ3n) is 4.14. The number of hydrogen-bond acceptors (Lipinski definition) is 6. The molecule has 0 bridgehead atoms. The molecule has 0 radical (unpaired) electrons. The van der Waals surface area contributed by atoms with Crippen LogP contribution in [0.2, 0.25) is 0 Å². The average molecular weight is 376 g/mol. The molecule has 2 aromatic carbocycles. The first kappa shape index (κ1) is 17.5. The van der Waals surface area contributed by atoms with Crippen LogP contribution in [0.15, 0.2) is 65.6 Å². The van der Waals surface area contributed by atoms with Gasteiger partial charge in [0.2, 0.25) is 0 Å². The summed E-state index contributed by atoms with van der Waals surface area (Å²) in [5.41, 5.74) is 1.22. The van der Waals surface area contributed by atoms with Gasteiger partial charge in [-0.05, 0) is 30.3 Å². The summed E-state index contributed by atoms with van der Waals surface area (Å²) in [6, 6.07) is 15.9. The van der Waals surface area contributed by atoms with Gasteiger partial charge in [-0.1, -0.05) is 24.3 Å². The first-order chi connectivity index (χ1) is 13.7. The third kappa shape index (κ3) is 3.35. The standard InChI is InChI=1S/C20H16N4O4/c1-27-20(26)16-10-11-24(23-16)12-28-17-9-5-3-7-14(17)18-21-15-8-4-2-6-13(15)19(25)22-18/h2-11H,12H2,1H3,(H,21,22,25). The molecule has 0 saturated heterocycles. The van der Waals surface area contributed by atoms with E-state index in [1.807, 2.05) is 24.3 Å². The zero-order valence-electron chi connectivity index (χ0n) is 15.0. The second-order valence-electron chi connectivity index (χ2n) is 5.93. The van der Waals surface area contributed by atoms with Gasteiger partial charge in [0, 0.05) is 6.20 Å². The smallest absolute Gasteiger partial charge is 0.358 e. The van der Waals surface area contributed by atoms with Gasteiger partial charge in [-0.25, -0.2) is 14.5 Å². The molecule has 0 aliphatic rings. The Balaban J connectivity index is 1.63. The number of carbonyl (C=O) groups excluding carboxylic acids is 1. The van der Waals surface area contributed by atoms with E-state index < -0.39 is 5.97 Å². The number of methoxy groups -OCH3 is 1. The molecule has 28 heavy (non-hydrogen) atoms. The number of fused-ring (bicyclic) bond motifs is 1. The highest BCUT2D eigenvalue weighted by atomic mass is 16.5. The molecule has 8 heteroatoms. The molecule has 0 spiro atoms. The predicted molar refractivity (Wildman–Crippen MR) is 102 cm³/mol. The second kappa shape index (κ2) is 7.36. The van der Waals surface area contributed by atoms with E-state index in [2.05, 4.69) is 19.8 Å². The summed E-state index contributed by atoms with van der Waals surface area (Å²) < 4.78 is 12.0. The van der Waals surface area contributed by atoms with Gasteiger partial charge in [0.25, 0.3) is 5.56 Å². The van der Waals surface area contributed by atoms with Crippen molar-refractivity contribution >= 4 is 16.9 Å². The average Bonchev–Trinajstić information content (AvgIpc) is 3.21. The fourth-order valence-corrected chi connectivity index (χ4v) is 2.78. The van der Waals surface area contributed by atoms with E-state index >= 15 is 0 Å². The van der Waals surface area contributed by atoms with Gasteiger partial charge in [-0.3, -0.25) is 4.79 Å². The van der Waals surface area contributed by atoms with Crippen molar-refractivity contribution in [3.63, 3.8) is 0 Å². The van der Waals surface area contributed by atoms with Crippen molar-refractivity contribution in [2.24, 2.45) is 0 Å². The van der Waals surface area contributed by atoms with E-state index in [9.17, 15) is 9.59 Å². The number of benzene rings is 2. The van der Waals surface area contributed by atoms with Gasteiger partial charge in [0.1, 0.15) is 11.6 Å². The molecule has 2 aromatic heterocycles. The number of rotatable bonds is 5. The molecule has 140 valence electrons. The lowest BCUT2D eigenvalue weighted by Gasteiger charge is -2.11. The molecule has 1 N–H and O–H groups in total. The third-order valence-corrected chi connectivity index (χ3v) is 4.14. The molecule has 0 atom stereocenters. The number of aromatic nitrogens is 4. The number of H-pyrrole nitrogens is 1. The lowest BCUT2D eigenvalue weighted by atomic mass is 10.1. The molecule has 4 aromatic rings. The summed E-state index contributed by atoms with van der Waals surface area (Å²) >= 11 is 0. The Hall–Kier alpha value is -3.94. The lowest BCUT2D eigenvalue weighted by molar-refractivity contribution is 0.0592. The summed E-state index contributed by atoms with van der Waals surface area (Å²) in [5.74, 6) is 0.420. The maximum absolute atomic E-state index is 12.4. The largest absolute Gasteiger partial charge is 0.471 e. The zero-order valence-corrected chi connectivity index (χ0v) is 15.0. The Morgan fingerprint density at radius 2 is 1.89 bits per heavy atom. The first-order valence-electron chi connectivity index (χ1n) is 8.49. The van der Waals surface area contributed by atoms with Crippen molar-refractivity contribution in [2.45, 2.75) is 6.73 Å². The molecule has 2 heterocycles. The Bertz CT molecular complexity index is 1210. The highest BCUT2D eigenvalue weighted by Crippen LogP contribution is 2.27. The van der Waals surface area contributed by atoms with Gasteiger partial charge in [0.05, 0.1) is 23.6 Å². The van der Waals surface area contributed by atoms with Crippen molar-refractivity contribution in [2.75, 3.05) is 7.11 Å². The van der Waals surface area contributed by atoms with E-state index in [4.69, 9.17) is 4.74 Å². The van der Waals surface area contributed by atoms with Crippen molar-refractivity contribution in [3.8, 4) is 17.1 Å². The molecule has 0 amide bonds. The SMILES string of the molecule is COC(=O)c1ccn(COc2ccccc2-c2nc3ccccc3c(=O)[nH]2)n1. The Kier molecular flexibility index (Phi) is 4.59. The van der Waals surface area contributed by atoms with Gasteiger partial charge >= 0.3 is 5.97 Å². The molecule has 4 rings (SSSR count). The Labute approximate surface area is 159 Å². The van der Waals surface area contributed by atoms with Crippen molar-refractivity contribution < 1.29 is 14.3 Å². The van der Waals surface area contributed by atoms with E-state index in [0.717, 1.165) is 0 Å². The molecule has 0 unspecified atom stereocenters. The first-order valence-corrected chi connectivity index (χ1v) is 8.49. The maximum atomic E-state index is 12.4. The van der Waals surface area contributed by atoms with E-state index in [1.165, 1.54) is 11.8 Å². The van der Waals surface area contributed by atoms with Crippen LogP contribution in [0.1, 0.15) is 10.5 Å². The number of nitrogens with one attached hydrogen (secondary N) is 1. The van der Waals surface area contributed by atoms with Crippen LogP contribution in [0.5, 0.6) is 5.75 Å². The zero-order chi connectivity index (χ0) is 19.5. The minimum atomic E-state index is -0.517. The van der Waals surface area contributed by atoms with Crippen LogP contribution in [0.3, 0.4) is 0 Å². The second-order valence-corrected chi connectivity index (χ2v) is 5.93. The number of hydrogen-bond donors (Lipinski definition) is 1. The van der Waals surface area contributed by atoms with Crippen LogP contribution in [-0.4, -0.2) is 32.8 Å². The lowest BCUT2D eigenvalue weighted by Crippen LogP contribution is -2.11. The number of carbonyl (C=O) groups is 1. The Morgan fingerprint density at radius 1 is 1.11 bits per heavy atom. The molecule has 0 aliphatic carbocycles. The highest BCUT2D eigenvalue weighted by molar-refractivity contribution is 5.86. The predicted octanol–water partition coefficient (Wildman–Crippen LogP) is 2.61. The van der Waals surface area contributed by atoms with Gasteiger partial charge in [-0.15, -0.1) is 0 Å². The highest BCUT2D eigenvalue weighted by Gasteiger charge is 2.12. The van der Waals surface area contributed by atoms with E-state index in [0.29, 0.717) is 28.0 Å². The summed E-state index contributed by atoms with van der Waals surface area (Å²) in [6.45, 7) is 0.0752. The van der Waals surface area contributed by atoms with Crippen LogP contribution in [0.25, 0.3) is 22.3 Å². The Morgan fingerprint density at radius 3 is 2.75 bits per heavy atom. The van der Waals surface area contributed by atoms with Crippen molar-refractivity contribution in [3.05, 3.63) is 76.8 Å². The number of nitrogens with zero attached hydrogens (tertiary/aromatic N) is 3. The number of esters is 1. The van der Waals surface area contributed by atoms with Crippen LogP contribution >= 0.6 is 0 Å². The van der Waals surface area contributed by atoms with Gasteiger partial charge in [-0.2, -0.15) is 5.10 Å². The number of para-hydroxylation sites is 2. The molecular weight excluding hydrogens is 360 g/mol. The van der Waals surface area contributed by atoms with Crippen molar-refractivity contribution in [1.82, 2.24) is 19.7 Å². The van der Waals surface area contributed by atoms with E-state index in [-0.39, 0.29) is 18.0 Å². The van der Waals surface area contributed by atoms with Crippen LogP contribution in [0, 0.1) is 0 Å². The number of ether oxygens (including phenoxy) is 2. The van der Waals surface area contributed by atoms with Gasteiger partial charge < -0.3 is 14.5 Å². The molecule has 0 fully saturated rings. The van der Waals surface area contributed by atoms with Crippen LogP contribution in [0.4, 0.5) is 0 Å². The fraction of sp³-hybridized carbons (Fsp3) is 0.100. The fourth-order valence-electron chi connectivity index (χ4n) is 2.78. The molecule has 0 aliphatic heterocycles. The molecular formula is C20H16N4O4. The van der Waals surface area contributed by atoms with Gasteiger partial charge in [0.15, 0.2) is 12.4 Å². The maximum Gasteiger partial charge on any atom is 0.358 e. The minimum absolute atomic E-state index is 0.0752. The van der Waals surface area contributed by atoms with Crippen LogP contribution < -0.4 is 10.3 Å². The number of aromatic amines is 1. The normalized spacial score (nSPS) is 10.8. The minimum Gasteiger partial charge on any atom is -0.471 e.